The Morgan fingerprint density at radius 2 is 2.15 bits per heavy atom. The second-order valence-corrected chi connectivity index (χ2v) is 3.27. The van der Waals surface area contributed by atoms with E-state index >= 15 is 0 Å². The van der Waals surface area contributed by atoms with Gasteiger partial charge in [0.1, 0.15) is 11.5 Å². The lowest BCUT2D eigenvalue weighted by Gasteiger charge is -2.07. The number of methoxy groups -OCH3 is 1. The van der Waals surface area contributed by atoms with Crippen LogP contribution in [0.4, 0.5) is 0 Å². The number of aromatic hydroxyl groups is 1. The molecule has 0 spiro atoms. The van der Waals surface area contributed by atoms with Gasteiger partial charge in [-0.15, -0.1) is 0 Å². The van der Waals surface area contributed by atoms with Gasteiger partial charge in [0, 0.05) is 6.07 Å². The highest BCUT2D eigenvalue weighted by atomic mass is 35.5. The molecule has 0 aromatic heterocycles. The molecule has 0 unspecified atom stereocenters. The monoisotopic (exact) mass is 200 g/mol. The molecule has 0 heterocycles. The Balaban J connectivity index is 3.05. The summed E-state index contributed by atoms with van der Waals surface area (Å²) in [5.74, 6) is 0.766. The largest absolute Gasteiger partial charge is 0.508 e. The summed E-state index contributed by atoms with van der Waals surface area (Å²) < 4.78 is 4.97. The first-order valence-electron chi connectivity index (χ1n) is 4.24. The van der Waals surface area contributed by atoms with Gasteiger partial charge in [0.25, 0.3) is 0 Å². The number of phenols is 1. The van der Waals surface area contributed by atoms with Crippen molar-refractivity contribution >= 4 is 11.6 Å². The minimum atomic E-state index is 0.253. The van der Waals surface area contributed by atoms with Gasteiger partial charge in [-0.05, 0) is 18.1 Å². The van der Waals surface area contributed by atoms with E-state index < -0.39 is 0 Å². The van der Waals surface area contributed by atoms with Crippen LogP contribution < -0.4 is 4.74 Å². The van der Waals surface area contributed by atoms with Crippen LogP contribution in [0, 0.1) is 0 Å². The van der Waals surface area contributed by atoms with E-state index in [1.165, 1.54) is 7.11 Å². The molecule has 3 heteroatoms. The van der Waals surface area contributed by atoms with Gasteiger partial charge in [0.05, 0.1) is 12.1 Å². The maximum absolute atomic E-state index is 9.54. The normalized spacial score (nSPS) is 10.1. The predicted molar refractivity (Wildman–Crippen MR) is 53.7 cm³/mol. The molecule has 1 N–H and O–H groups in total. The molecule has 13 heavy (non-hydrogen) atoms. The number of hydrogen-bond acceptors (Lipinski definition) is 2. The van der Waals surface area contributed by atoms with Crippen LogP contribution in [0.25, 0.3) is 0 Å². The van der Waals surface area contributed by atoms with Crippen LogP contribution in [0.3, 0.4) is 0 Å². The highest BCUT2D eigenvalue weighted by Gasteiger charge is 2.06. The topological polar surface area (TPSA) is 29.5 Å². The molecular formula is C10H13ClO2. The van der Waals surface area contributed by atoms with Crippen LogP contribution in [0.15, 0.2) is 12.1 Å². The van der Waals surface area contributed by atoms with Crippen LogP contribution in [-0.4, -0.2) is 12.2 Å². The van der Waals surface area contributed by atoms with E-state index in [0.717, 1.165) is 18.4 Å². The molecular weight excluding hydrogens is 188 g/mol. The summed E-state index contributed by atoms with van der Waals surface area (Å²) in [6, 6.07) is 3.30. The molecule has 0 aliphatic carbocycles. The fourth-order valence-electron chi connectivity index (χ4n) is 1.21. The Morgan fingerprint density at radius 1 is 1.46 bits per heavy atom. The van der Waals surface area contributed by atoms with Gasteiger partial charge >= 0.3 is 0 Å². The summed E-state index contributed by atoms with van der Waals surface area (Å²) >= 11 is 5.90. The summed E-state index contributed by atoms with van der Waals surface area (Å²) in [6.07, 6.45) is 1.81. The smallest absolute Gasteiger partial charge is 0.141 e. The first kappa shape index (κ1) is 10.2. The quantitative estimate of drug-likeness (QED) is 0.813. The fraction of sp³-hybridized carbons (Fsp3) is 0.400. The minimum Gasteiger partial charge on any atom is -0.508 e. The summed E-state index contributed by atoms with van der Waals surface area (Å²) in [6.45, 7) is 2.05. The molecule has 0 fully saturated rings. The highest BCUT2D eigenvalue weighted by Crippen LogP contribution is 2.32. The van der Waals surface area contributed by atoms with Crippen molar-refractivity contribution in [2.75, 3.05) is 7.11 Å². The van der Waals surface area contributed by atoms with Crippen molar-refractivity contribution in [3.05, 3.63) is 22.7 Å². The second kappa shape index (κ2) is 4.38. The van der Waals surface area contributed by atoms with E-state index in [9.17, 15) is 5.11 Å². The van der Waals surface area contributed by atoms with Crippen LogP contribution in [-0.2, 0) is 6.42 Å². The van der Waals surface area contributed by atoms with Crippen LogP contribution in [0.1, 0.15) is 18.9 Å². The number of phenolic OH excluding ortho intramolecular Hbond substituents is 1. The molecule has 0 saturated carbocycles. The van der Waals surface area contributed by atoms with Gasteiger partial charge in [0.2, 0.25) is 0 Å². The standard InChI is InChI=1S/C10H13ClO2/c1-3-4-7-5-8(11)10(13-2)6-9(7)12/h5-6,12H,3-4H2,1-2H3. The predicted octanol–water partition coefficient (Wildman–Crippen LogP) is 3.01. The lowest BCUT2D eigenvalue weighted by atomic mass is 10.1. The van der Waals surface area contributed by atoms with Crippen molar-refractivity contribution in [2.24, 2.45) is 0 Å². The maximum Gasteiger partial charge on any atom is 0.141 e. The van der Waals surface area contributed by atoms with Gasteiger partial charge in [0.15, 0.2) is 0 Å². The average Bonchev–Trinajstić information content (AvgIpc) is 2.11. The molecule has 1 aromatic carbocycles. The third kappa shape index (κ3) is 2.28. The van der Waals surface area contributed by atoms with Crippen molar-refractivity contribution in [1.82, 2.24) is 0 Å². The number of rotatable bonds is 3. The van der Waals surface area contributed by atoms with E-state index in [0.29, 0.717) is 10.8 Å². The zero-order chi connectivity index (χ0) is 9.84. The van der Waals surface area contributed by atoms with Crippen molar-refractivity contribution in [1.29, 1.82) is 0 Å². The molecule has 0 saturated heterocycles. The summed E-state index contributed by atoms with van der Waals surface area (Å²) in [7, 11) is 1.53. The first-order chi connectivity index (χ1) is 6.19. The first-order valence-corrected chi connectivity index (χ1v) is 4.62. The van der Waals surface area contributed by atoms with E-state index in [-0.39, 0.29) is 5.75 Å². The lowest BCUT2D eigenvalue weighted by molar-refractivity contribution is 0.406. The van der Waals surface area contributed by atoms with Crippen LogP contribution in [0.2, 0.25) is 5.02 Å². The van der Waals surface area contributed by atoms with Gasteiger partial charge in [-0.25, -0.2) is 0 Å². The van der Waals surface area contributed by atoms with E-state index in [1.54, 1.807) is 12.1 Å². The highest BCUT2D eigenvalue weighted by molar-refractivity contribution is 6.32. The number of hydrogen-bond donors (Lipinski definition) is 1. The van der Waals surface area contributed by atoms with E-state index in [4.69, 9.17) is 16.3 Å². The third-order valence-electron chi connectivity index (χ3n) is 1.87. The lowest BCUT2D eigenvalue weighted by Crippen LogP contribution is -1.89. The molecule has 0 amide bonds. The second-order valence-electron chi connectivity index (χ2n) is 2.87. The molecule has 0 atom stereocenters. The van der Waals surface area contributed by atoms with Crippen LogP contribution >= 0.6 is 11.6 Å². The number of aryl methyl sites for hydroxylation is 1. The molecule has 0 radical (unpaired) electrons. The molecule has 0 bridgehead atoms. The zero-order valence-corrected chi connectivity index (χ0v) is 8.56. The molecule has 2 nitrogen and oxygen atoms in total. The summed E-state index contributed by atoms with van der Waals surface area (Å²) in [4.78, 5) is 0. The maximum atomic E-state index is 9.54. The fourth-order valence-corrected chi connectivity index (χ4v) is 1.47. The van der Waals surface area contributed by atoms with Crippen molar-refractivity contribution in [3.8, 4) is 11.5 Å². The SMILES string of the molecule is CCCc1cc(Cl)c(OC)cc1O. The average molecular weight is 201 g/mol. The summed E-state index contributed by atoms with van der Waals surface area (Å²) in [5, 5.41) is 10.1. The molecule has 1 rings (SSSR count). The van der Waals surface area contributed by atoms with Crippen molar-refractivity contribution in [3.63, 3.8) is 0 Å². The Labute approximate surface area is 83.1 Å². The van der Waals surface area contributed by atoms with E-state index in [2.05, 4.69) is 6.92 Å². The van der Waals surface area contributed by atoms with Gasteiger partial charge < -0.3 is 9.84 Å². The number of halogens is 1. The number of benzene rings is 1. The van der Waals surface area contributed by atoms with Crippen molar-refractivity contribution in [2.45, 2.75) is 19.8 Å². The summed E-state index contributed by atoms with van der Waals surface area (Å²) in [5.41, 5.74) is 0.869. The molecule has 0 aliphatic heterocycles. The van der Waals surface area contributed by atoms with E-state index in [1.807, 2.05) is 0 Å². The molecule has 72 valence electrons. The molecule has 1 aromatic rings. The third-order valence-corrected chi connectivity index (χ3v) is 2.17. The Kier molecular flexibility index (Phi) is 3.43. The molecule has 0 aliphatic rings. The Hall–Kier alpha value is -0.890. The Morgan fingerprint density at radius 3 is 2.69 bits per heavy atom. The number of ether oxygens (including phenoxy) is 1. The minimum absolute atomic E-state index is 0.253. The zero-order valence-electron chi connectivity index (χ0n) is 7.80. The van der Waals surface area contributed by atoms with Gasteiger partial charge in [-0.3, -0.25) is 0 Å². The van der Waals surface area contributed by atoms with Crippen LogP contribution in [0.5, 0.6) is 11.5 Å². The van der Waals surface area contributed by atoms with Gasteiger partial charge in [-0.1, -0.05) is 24.9 Å². The Bertz CT molecular complexity index is 297. The van der Waals surface area contributed by atoms with Gasteiger partial charge in [-0.2, -0.15) is 0 Å². The van der Waals surface area contributed by atoms with Crippen molar-refractivity contribution < 1.29 is 9.84 Å².